The summed E-state index contributed by atoms with van der Waals surface area (Å²) in [5.41, 5.74) is 2.56. The molecule has 1 N–H and O–H groups in total. The maximum Gasteiger partial charge on any atom is 0.226 e. The van der Waals surface area contributed by atoms with Gasteiger partial charge in [-0.05, 0) is 47.5 Å². The summed E-state index contributed by atoms with van der Waals surface area (Å²) in [6, 6.07) is 10.3. The van der Waals surface area contributed by atoms with Crippen LogP contribution >= 0.6 is 22.9 Å². The molecule has 8 heteroatoms. The van der Waals surface area contributed by atoms with E-state index in [1.54, 1.807) is 0 Å². The Balaban J connectivity index is 1.34. The number of aryl methyl sites for hydroxylation is 2. The summed E-state index contributed by atoms with van der Waals surface area (Å²) in [6.45, 7) is 4.44. The number of nitrogens with zero attached hydrogens (tertiary/aromatic N) is 3. The molecule has 0 saturated heterocycles. The molecule has 4 rings (SSSR count). The molecule has 1 atom stereocenters. The maximum atomic E-state index is 12.5. The highest BCUT2D eigenvalue weighted by Gasteiger charge is 2.26. The van der Waals surface area contributed by atoms with Crippen LogP contribution in [0, 0.1) is 0 Å². The Morgan fingerprint density at radius 3 is 2.94 bits per heavy atom. The van der Waals surface area contributed by atoms with Gasteiger partial charge in [-0.25, -0.2) is 0 Å². The van der Waals surface area contributed by atoms with Crippen molar-refractivity contribution >= 4 is 28.8 Å². The lowest BCUT2D eigenvalue weighted by Crippen LogP contribution is -2.40. The molecule has 0 spiro atoms. The van der Waals surface area contributed by atoms with Crippen molar-refractivity contribution in [2.45, 2.75) is 51.6 Å². The van der Waals surface area contributed by atoms with Gasteiger partial charge in [0.1, 0.15) is 0 Å². The molecule has 164 valence electrons. The highest BCUT2D eigenvalue weighted by atomic mass is 35.5. The summed E-state index contributed by atoms with van der Waals surface area (Å²) < 4.78 is 5.19. The average molecular weight is 459 g/mol. The standard InChI is InChI=1S/C23H27ClN4O2S/c1-2-21-26-23(30-27-21)5-3-4-22(29)25-14-19(16-6-8-18(24)9-7-16)28-12-10-20-17(15-28)11-13-31-20/h6-9,11,13,19H,2-5,10,12,14-15H2,1H3,(H,25,29). The molecule has 0 saturated carbocycles. The number of fused-ring (bicyclic) bond motifs is 1. The summed E-state index contributed by atoms with van der Waals surface area (Å²) >= 11 is 7.94. The lowest BCUT2D eigenvalue weighted by molar-refractivity contribution is -0.121. The summed E-state index contributed by atoms with van der Waals surface area (Å²) in [4.78, 5) is 20.7. The predicted octanol–water partition coefficient (Wildman–Crippen LogP) is 4.59. The molecule has 31 heavy (non-hydrogen) atoms. The Labute approximate surface area is 191 Å². The van der Waals surface area contributed by atoms with Crippen molar-refractivity contribution in [2.24, 2.45) is 0 Å². The number of hydrogen-bond acceptors (Lipinski definition) is 6. The number of carbonyl (C=O) groups excluding carboxylic acids is 1. The van der Waals surface area contributed by atoms with Gasteiger partial charge >= 0.3 is 0 Å². The van der Waals surface area contributed by atoms with E-state index in [1.165, 1.54) is 16.0 Å². The van der Waals surface area contributed by atoms with E-state index in [2.05, 4.69) is 43.9 Å². The molecule has 0 fully saturated rings. The minimum Gasteiger partial charge on any atom is -0.354 e. The van der Waals surface area contributed by atoms with Crippen LogP contribution in [0.1, 0.15) is 53.5 Å². The van der Waals surface area contributed by atoms with Gasteiger partial charge in [-0.15, -0.1) is 11.3 Å². The third-order valence-corrected chi connectivity index (χ3v) is 6.92. The SMILES string of the molecule is CCc1noc(CCCC(=O)NCC(c2ccc(Cl)cc2)N2CCc3sccc3C2)n1. The smallest absolute Gasteiger partial charge is 0.226 e. The van der Waals surface area contributed by atoms with Gasteiger partial charge < -0.3 is 9.84 Å². The number of carbonyl (C=O) groups is 1. The number of hydrogen-bond donors (Lipinski definition) is 1. The van der Waals surface area contributed by atoms with E-state index in [0.717, 1.165) is 31.0 Å². The molecule has 0 radical (unpaired) electrons. The first-order valence-electron chi connectivity index (χ1n) is 10.7. The molecule has 3 aromatic rings. The van der Waals surface area contributed by atoms with Gasteiger partial charge in [-0.1, -0.05) is 35.8 Å². The first-order chi connectivity index (χ1) is 15.1. The van der Waals surface area contributed by atoms with Crippen LogP contribution in [0.5, 0.6) is 0 Å². The van der Waals surface area contributed by atoms with E-state index in [4.69, 9.17) is 16.1 Å². The van der Waals surface area contributed by atoms with Crippen molar-refractivity contribution in [1.82, 2.24) is 20.4 Å². The Morgan fingerprint density at radius 2 is 2.16 bits per heavy atom. The number of halogens is 1. The van der Waals surface area contributed by atoms with Crippen molar-refractivity contribution < 1.29 is 9.32 Å². The molecule has 0 bridgehead atoms. The number of rotatable bonds is 9. The summed E-state index contributed by atoms with van der Waals surface area (Å²) in [5.74, 6) is 1.35. The molecule has 3 heterocycles. The van der Waals surface area contributed by atoms with E-state index in [-0.39, 0.29) is 11.9 Å². The first-order valence-corrected chi connectivity index (χ1v) is 12.0. The molecule has 1 amide bonds. The van der Waals surface area contributed by atoms with Crippen LogP contribution in [0.25, 0.3) is 0 Å². The van der Waals surface area contributed by atoms with Gasteiger partial charge in [-0.3, -0.25) is 9.69 Å². The summed E-state index contributed by atoms with van der Waals surface area (Å²) in [7, 11) is 0. The zero-order valence-corrected chi connectivity index (χ0v) is 19.2. The molecule has 1 aliphatic heterocycles. The van der Waals surface area contributed by atoms with E-state index >= 15 is 0 Å². The Kier molecular flexibility index (Phi) is 7.37. The zero-order valence-electron chi connectivity index (χ0n) is 17.6. The molecule has 1 aromatic carbocycles. The van der Waals surface area contributed by atoms with Crippen molar-refractivity contribution in [2.75, 3.05) is 13.1 Å². The van der Waals surface area contributed by atoms with Gasteiger partial charge in [0, 0.05) is 48.8 Å². The molecule has 0 aliphatic carbocycles. The van der Waals surface area contributed by atoms with E-state index in [0.29, 0.717) is 37.5 Å². The van der Waals surface area contributed by atoms with Crippen LogP contribution in [0.3, 0.4) is 0 Å². The van der Waals surface area contributed by atoms with Gasteiger partial charge in [0.15, 0.2) is 5.82 Å². The van der Waals surface area contributed by atoms with Crippen LogP contribution in [-0.2, 0) is 30.6 Å². The lowest BCUT2D eigenvalue weighted by atomic mass is 10.0. The Hall–Kier alpha value is -2.22. The van der Waals surface area contributed by atoms with Crippen LogP contribution in [-0.4, -0.2) is 34.0 Å². The molecule has 1 aliphatic rings. The van der Waals surface area contributed by atoms with Gasteiger partial charge in [0.2, 0.25) is 11.8 Å². The van der Waals surface area contributed by atoms with E-state index < -0.39 is 0 Å². The van der Waals surface area contributed by atoms with E-state index in [9.17, 15) is 4.79 Å². The fourth-order valence-corrected chi connectivity index (χ4v) is 4.93. The Morgan fingerprint density at radius 1 is 1.32 bits per heavy atom. The van der Waals surface area contributed by atoms with Crippen molar-refractivity contribution in [3.63, 3.8) is 0 Å². The summed E-state index contributed by atoms with van der Waals surface area (Å²) in [6.07, 6.45) is 3.54. The fourth-order valence-electron chi connectivity index (χ4n) is 3.91. The summed E-state index contributed by atoms with van der Waals surface area (Å²) in [5, 5.41) is 9.92. The fraction of sp³-hybridized carbons (Fsp3) is 0.435. The van der Waals surface area contributed by atoms with Gasteiger partial charge in [0.25, 0.3) is 0 Å². The number of thiophene rings is 1. The maximum absolute atomic E-state index is 12.5. The second kappa shape index (κ2) is 10.4. The minimum atomic E-state index is 0.0439. The van der Waals surface area contributed by atoms with Crippen LogP contribution in [0.2, 0.25) is 5.02 Å². The van der Waals surface area contributed by atoms with Crippen LogP contribution in [0.15, 0.2) is 40.2 Å². The molecule has 2 aromatic heterocycles. The number of aromatic nitrogens is 2. The van der Waals surface area contributed by atoms with Crippen molar-refractivity contribution in [1.29, 1.82) is 0 Å². The van der Waals surface area contributed by atoms with Crippen LogP contribution in [0.4, 0.5) is 0 Å². The number of benzene rings is 1. The number of nitrogens with one attached hydrogen (secondary N) is 1. The van der Waals surface area contributed by atoms with Crippen molar-refractivity contribution in [3.05, 3.63) is 68.5 Å². The highest BCUT2D eigenvalue weighted by Crippen LogP contribution is 2.30. The largest absolute Gasteiger partial charge is 0.354 e. The second-order valence-electron chi connectivity index (χ2n) is 7.77. The average Bonchev–Trinajstić information content (AvgIpc) is 3.44. The predicted molar refractivity (Wildman–Crippen MR) is 122 cm³/mol. The van der Waals surface area contributed by atoms with Gasteiger partial charge in [0.05, 0.1) is 6.04 Å². The second-order valence-corrected chi connectivity index (χ2v) is 9.21. The molecule has 1 unspecified atom stereocenters. The minimum absolute atomic E-state index is 0.0439. The quantitative estimate of drug-likeness (QED) is 0.508. The molecule has 6 nitrogen and oxygen atoms in total. The first kappa shape index (κ1) is 22.0. The third kappa shape index (κ3) is 5.73. The van der Waals surface area contributed by atoms with Gasteiger partial charge in [-0.2, -0.15) is 4.98 Å². The van der Waals surface area contributed by atoms with E-state index in [1.807, 2.05) is 30.4 Å². The lowest BCUT2D eigenvalue weighted by Gasteiger charge is -2.35. The monoisotopic (exact) mass is 458 g/mol. The molecular formula is C23H27ClN4O2S. The topological polar surface area (TPSA) is 71.3 Å². The highest BCUT2D eigenvalue weighted by molar-refractivity contribution is 7.10. The zero-order chi connectivity index (χ0) is 21.6. The van der Waals surface area contributed by atoms with Crippen molar-refractivity contribution in [3.8, 4) is 0 Å². The number of amides is 1. The molecular weight excluding hydrogens is 432 g/mol. The normalized spacial score (nSPS) is 14.9. The Bertz CT molecular complexity index is 1000. The third-order valence-electron chi connectivity index (χ3n) is 5.65. The van der Waals surface area contributed by atoms with Crippen LogP contribution < -0.4 is 5.32 Å².